The molecule has 40 heavy (non-hydrogen) atoms. The lowest BCUT2D eigenvalue weighted by molar-refractivity contribution is -0.161. The first-order valence-electron chi connectivity index (χ1n) is 16.3. The summed E-state index contributed by atoms with van der Waals surface area (Å²) in [7, 11) is -4.71. The van der Waals surface area contributed by atoms with Gasteiger partial charge in [-0.2, -0.15) is 0 Å². The van der Waals surface area contributed by atoms with E-state index in [1.54, 1.807) is 0 Å². The maximum absolute atomic E-state index is 12.0. The first kappa shape index (κ1) is 39.0. The number of rotatable bonds is 30. The molecule has 0 bridgehead atoms. The Kier molecular flexibility index (Phi) is 27.5. The maximum atomic E-state index is 12.0. The van der Waals surface area contributed by atoms with Crippen molar-refractivity contribution in [3.05, 3.63) is 0 Å². The minimum absolute atomic E-state index is 0.166. The molecule has 9 heteroatoms. The summed E-state index contributed by atoms with van der Waals surface area (Å²) in [4.78, 5) is 41.4. The average Bonchev–Trinajstić information content (AvgIpc) is 2.90. The van der Waals surface area contributed by atoms with Gasteiger partial charge < -0.3 is 19.3 Å². The second-order valence-corrected chi connectivity index (χ2v) is 12.4. The normalized spacial score (nSPS) is 12.4. The van der Waals surface area contributed by atoms with Gasteiger partial charge in [0, 0.05) is 12.8 Å². The Labute approximate surface area is 244 Å². The molecule has 0 saturated carbocycles. The first-order chi connectivity index (χ1) is 19.3. The van der Waals surface area contributed by atoms with E-state index in [2.05, 4.69) is 11.4 Å². The highest BCUT2D eigenvalue weighted by Gasteiger charge is 2.22. The molecule has 0 aromatic carbocycles. The predicted octanol–water partition coefficient (Wildman–Crippen LogP) is 8.95. The minimum Gasteiger partial charge on any atom is -0.462 e. The van der Waals surface area contributed by atoms with Crippen LogP contribution in [0.5, 0.6) is 0 Å². The zero-order valence-corrected chi connectivity index (χ0v) is 26.6. The Morgan fingerprint density at radius 1 is 0.550 bits per heavy atom. The average molecular weight is 593 g/mol. The third-order valence-corrected chi connectivity index (χ3v) is 7.58. The number of carbonyl (C=O) groups is 2. The number of ether oxygens (including phenoxy) is 2. The van der Waals surface area contributed by atoms with Gasteiger partial charge in [-0.15, -0.1) is 0 Å². The van der Waals surface area contributed by atoms with Crippen LogP contribution < -0.4 is 0 Å². The summed E-state index contributed by atoms with van der Waals surface area (Å²) in [6.45, 7) is 3.26. The molecule has 0 rings (SSSR count). The van der Waals surface area contributed by atoms with Gasteiger partial charge in [-0.1, -0.05) is 142 Å². The van der Waals surface area contributed by atoms with Crippen LogP contribution in [0, 0.1) is 0 Å². The van der Waals surface area contributed by atoms with E-state index in [1.165, 1.54) is 116 Å². The molecule has 238 valence electrons. The third kappa shape index (κ3) is 30.0. The second kappa shape index (κ2) is 28.2. The van der Waals surface area contributed by atoms with Crippen molar-refractivity contribution in [1.82, 2.24) is 0 Å². The van der Waals surface area contributed by atoms with Gasteiger partial charge in [-0.05, 0) is 12.8 Å². The van der Waals surface area contributed by atoms with Crippen molar-refractivity contribution >= 4 is 19.8 Å². The van der Waals surface area contributed by atoms with Crippen molar-refractivity contribution in [2.75, 3.05) is 13.2 Å². The predicted molar refractivity (Wildman–Crippen MR) is 161 cm³/mol. The lowest BCUT2D eigenvalue weighted by Gasteiger charge is -2.18. The molecule has 0 unspecified atom stereocenters. The molecule has 0 aliphatic carbocycles. The summed E-state index contributed by atoms with van der Waals surface area (Å²) >= 11 is 0. The Hall–Kier alpha value is -0.950. The molecule has 1 atom stereocenters. The zero-order chi connectivity index (χ0) is 29.7. The number of phosphoric acid groups is 1. The summed E-state index contributed by atoms with van der Waals surface area (Å²) in [5, 5.41) is 0. The van der Waals surface area contributed by atoms with Crippen molar-refractivity contribution in [1.29, 1.82) is 0 Å². The third-order valence-electron chi connectivity index (χ3n) is 7.10. The molecule has 0 heterocycles. The number of unbranched alkanes of at least 4 members (excludes halogenated alkanes) is 20. The van der Waals surface area contributed by atoms with E-state index in [0.717, 1.165) is 19.3 Å². The van der Waals surface area contributed by atoms with Crippen molar-refractivity contribution in [3.63, 3.8) is 0 Å². The molecule has 0 radical (unpaired) electrons. The van der Waals surface area contributed by atoms with Crippen LogP contribution in [0.25, 0.3) is 0 Å². The van der Waals surface area contributed by atoms with Gasteiger partial charge in [0.2, 0.25) is 0 Å². The van der Waals surface area contributed by atoms with E-state index in [1.807, 2.05) is 6.92 Å². The molecule has 0 aliphatic rings. The Bertz CT molecular complexity index is 637. The lowest BCUT2D eigenvalue weighted by atomic mass is 10.0. The number of hydrogen-bond acceptors (Lipinski definition) is 6. The van der Waals surface area contributed by atoms with E-state index >= 15 is 0 Å². The van der Waals surface area contributed by atoms with Crippen molar-refractivity contribution < 1.29 is 37.9 Å². The van der Waals surface area contributed by atoms with E-state index < -0.39 is 32.5 Å². The summed E-state index contributed by atoms with van der Waals surface area (Å²) in [5.41, 5.74) is 0. The van der Waals surface area contributed by atoms with Crippen LogP contribution in [0.2, 0.25) is 0 Å². The van der Waals surface area contributed by atoms with Crippen molar-refractivity contribution in [2.45, 2.75) is 174 Å². The fraction of sp³-hybridized carbons (Fsp3) is 0.935. The minimum atomic E-state index is -4.71. The fourth-order valence-corrected chi connectivity index (χ4v) is 5.07. The molecule has 0 aromatic heterocycles. The number of esters is 2. The van der Waals surface area contributed by atoms with Crippen LogP contribution in [0.4, 0.5) is 0 Å². The lowest BCUT2D eigenvalue weighted by Crippen LogP contribution is -2.29. The van der Waals surface area contributed by atoms with Gasteiger partial charge in [0.1, 0.15) is 6.61 Å². The quantitative estimate of drug-likeness (QED) is 0.0482. The summed E-state index contributed by atoms with van der Waals surface area (Å²) in [5.74, 6) is -0.937. The molecule has 0 spiro atoms. The molecule has 0 fully saturated rings. The van der Waals surface area contributed by atoms with Crippen LogP contribution in [-0.4, -0.2) is 41.0 Å². The van der Waals surface area contributed by atoms with Crippen LogP contribution in [-0.2, 0) is 28.2 Å². The summed E-state index contributed by atoms with van der Waals surface area (Å²) < 4.78 is 25.6. The Morgan fingerprint density at radius 2 is 0.950 bits per heavy atom. The van der Waals surface area contributed by atoms with Crippen LogP contribution >= 0.6 is 7.82 Å². The Morgan fingerprint density at radius 3 is 1.32 bits per heavy atom. The molecule has 0 aliphatic heterocycles. The van der Waals surface area contributed by atoms with E-state index in [4.69, 9.17) is 19.3 Å². The zero-order valence-electron chi connectivity index (χ0n) is 25.8. The standard InChI is InChI=1S/C31H61O8P/c1-3-5-6-7-8-9-10-11-12-13-14-15-16-17-18-19-20-21-22-23-24-26-30(32)37-27-29(28-38-40(34,35)36)39-31(33)25-4-2/h29H,3-28H2,1-2H3,(H2,34,35,36)/t29-/m1/s1. The smallest absolute Gasteiger partial charge is 0.462 e. The van der Waals surface area contributed by atoms with Gasteiger partial charge in [0.15, 0.2) is 6.10 Å². The number of phosphoric ester groups is 1. The highest BCUT2D eigenvalue weighted by molar-refractivity contribution is 7.46. The Balaban J connectivity index is 3.55. The number of carbonyl (C=O) groups excluding carboxylic acids is 2. The van der Waals surface area contributed by atoms with Gasteiger partial charge in [-0.3, -0.25) is 14.1 Å². The topological polar surface area (TPSA) is 119 Å². The highest BCUT2D eigenvalue weighted by Crippen LogP contribution is 2.35. The van der Waals surface area contributed by atoms with E-state index in [0.29, 0.717) is 6.42 Å². The summed E-state index contributed by atoms with van der Waals surface area (Å²) in [6, 6.07) is 0. The monoisotopic (exact) mass is 592 g/mol. The SMILES string of the molecule is CCCCCCCCCCCCCCCCCCCCCCCC(=O)OC[C@H](COP(=O)(O)O)OC(=O)CCC. The van der Waals surface area contributed by atoms with Crippen LogP contribution in [0.3, 0.4) is 0 Å². The molecule has 0 aromatic rings. The van der Waals surface area contributed by atoms with Gasteiger partial charge >= 0.3 is 19.8 Å². The van der Waals surface area contributed by atoms with Gasteiger partial charge in [0.05, 0.1) is 6.61 Å². The van der Waals surface area contributed by atoms with E-state index in [9.17, 15) is 14.2 Å². The van der Waals surface area contributed by atoms with Gasteiger partial charge in [0.25, 0.3) is 0 Å². The molecule has 0 amide bonds. The van der Waals surface area contributed by atoms with Crippen molar-refractivity contribution in [2.24, 2.45) is 0 Å². The molecule has 0 saturated heterocycles. The molecular formula is C31H61O8P. The van der Waals surface area contributed by atoms with Crippen LogP contribution in [0.1, 0.15) is 168 Å². The van der Waals surface area contributed by atoms with Crippen molar-refractivity contribution in [3.8, 4) is 0 Å². The summed E-state index contributed by atoms with van der Waals surface area (Å²) in [6.07, 6.45) is 27.4. The number of hydrogen-bond donors (Lipinski definition) is 2. The molecule has 2 N–H and O–H groups in total. The molecule has 8 nitrogen and oxygen atoms in total. The largest absolute Gasteiger partial charge is 0.469 e. The molecular weight excluding hydrogens is 531 g/mol. The van der Waals surface area contributed by atoms with Crippen LogP contribution in [0.15, 0.2) is 0 Å². The fourth-order valence-electron chi connectivity index (χ4n) is 4.70. The second-order valence-electron chi connectivity index (χ2n) is 11.2. The highest BCUT2D eigenvalue weighted by atomic mass is 31.2. The maximum Gasteiger partial charge on any atom is 0.469 e. The van der Waals surface area contributed by atoms with Gasteiger partial charge in [-0.25, -0.2) is 4.57 Å². The van der Waals surface area contributed by atoms with E-state index in [-0.39, 0.29) is 19.4 Å². The first-order valence-corrected chi connectivity index (χ1v) is 17.9.